The van der Waals surface area contributed by atoms with Crippen molar-refractivity contribution in [3.63, 3.8) is 0 Å². The van der Waals surface area contributed by atoms with E-state index in [1.54, 1.807) is 0 Å². The molecule has 1 aliphatic rings. The number of rotatable bonds is 4. The molecule has 1 fully saturated rings. The maximum Gasteiger partial charge on any atom is 0.223 e. The molecule has 0 atom stereocenters. The number of aryl methyl sites for hydroxylation is 1. The SMILES string of the molecule is Cn1cc(CCNC(=O)C2CCCC2)c2cccnc21. The third kappa shape index (κ3) is 2.55. The quantitative estimate of drug-likeness (QED) is 0.928. The third-order valence-electron chi connectivity index (χ3n) is 4.24. The molecule has 1 aliphatic carbocycles. The van der Waals surface area contributed by atoms with Crippen LogP contribution >= 0.6 is 0 Å². The second-order valence-corrected chi connectivity index (χ2v) is 5.66. The van der Waals surface area contributed by atoms with Crippen molar-refractivity contribution in [1.82, 2.24) is 14.9 Å². The van der Waals surface area contributed by atoms with Crippen LogP contribution in [0.25, 0.3) is 11.0 Å². The summed E-state index contributed by atoms with van der Waals surface area (Å²) >= 11 is 0. The largest absolute Gasteiger partial charge is 0.356 e. The highest BCUT2D eigenvalue weighted by Gasteiger charge is 2.22. The van der Waals surface area contributed by atoms with E-state index >= 15 is 0 Å². The predicted octanol–water partition coefficient (Wildman–Crippen LogP) is 2.42. The van der Waals surface area contributed by atoms with Crippen LogP contribution in [0.4, 0.5) is 0 Å². The van der Waals surface area contributed by atoms with E-state index in [2.05, 4.69) is 22.6 Å². The van der Waals surface area contributed by atoms with Gasteiger partial charge in [0, 0.05) is 37.3 Å². The van der Waals surface area contributed by atoms with Gasteiger partial charge in [-0.2, -0.15) is 0 Å². The fourth-order valence-electron chi connectivity index (χ4n) is 3.15. The smallest absolute Gasteiger partial charge is 0.223 e. The molecule has 1 saturated carbocycles. The van der Waals surface area contributed by atoms with Gasteiger partial charge in [0.25, 0.3) is 0 Å². The summed E-state index contributed by atoms with van der Waals surface area (Å²) in [5.74, 6) is 0.491. The van der Waals surface area contributed by atoms with Crippen molar-refractivity contribution in [1.29, 1.82) is 0 Å². The molecule has 0 radical (unpaired) electrons. The lowest BCUT2D eigenvalue weighted by atomic mass is 10.1. The molecule has 2 aromatic heterocycles. The zero-order chi connectivity index (χ0) is 13.9. The summed E-state index contributed by atoms with van der Waals surface area (Å²) in [5, 5.41) is 4.26. The first kappa shape index (κ1) is 13.2. The Morgan fingerprint density at radius 3 is 3.05 bits per heavy atom. The molecular formula is C16H21N3O. The highest BCUT2D eigenvalue weighted by atomic mass is 16.1. The molecule has 20 heavy (non-hydrogen) atoms. The maximum absolute atomic E-state index is 12.0. The van der Waals surface area contributed by atoms with Crippen LogP contribution in [0.15, 0.2) is 24.5 Å². The monoisotopic (exact) mass is 271 g/mol. The number of hydrogen-bond acceptors (Lipinski definition) is 2. The first-order valence-electron chi connectivity index (χ1n) is 7.42. The van der Waals surface area contributed by atoms with Crippen LogP contribution in [0, 0.1) is 5.92 Å². The minimum atomic E-state index is 0.237. The number of carbonyl (C=O) groups excluding carboxylic acids is 1. The normalized spacial score (nSPS) is 15.8. The standard InChI is InChI=1S/C16H21N3O/c1-19-11-13(14-7-4-9-17-15(14)19)8-10-18-16(20)12-5-2-3-6-12/h4,7,9,11-12H,2-3,5-6,8,10H2,1H3,(H,18,20). The van der Waals surface area contributed by atoms with Crippen molar-refractivity contribution in [3.8, 4) is 0 Å². The first-order chi connectivity index (χ1) is 9.75. The number of fused-ring (bicyclic) bond motifs is 1. The van der Waals surface area contributed by atoms with Gasteiger partial charge < -0.3 is 9.88 Å². The molecule has 3 rings (SSSR count). The molecule has 0 bridgehead atoms. The van der Waals surface area contributed by atoms with Gasteiger partial charge >= 0.3 is 0 Å². The van der Waals surface area contributed by atoms with E-state index in [4.69, 9.17) is 0 Å². The van der Waals surface area contributed by atoms with Crippen molar-refractivity contribution in [3.05, 3.63) is 30.1 Å². The number of aromatic nitrogens is 2. The average molecular weight is 271 g/mol. The van der Waals surface area contributed by atoms with Gasteiger partial charge in [-0.15, -0.1) is 0 Å². The summed E-state index contributed by atoms with van der Waals surface area (Å²) in [6.45, 7) is 0.712. The number of nitrogens with zero attached hydrogens (tertiary/aromatic N) is 2. The summed E-state index contributed by atoms with van der Waals surface area (Å²) in [5.41, 5.74) is 2.26. The molecule has 4 heteroatoms. The summed E-state index contributed by atoms with van der Waals surface area (Å²) in [6, 6.07) is 4.05. The maximum atomic E-state index is 12.0. The van der Waals surface area contributed by atoms with Gasteiger partial charge in [0.2, 0.25) is 5.91 Å². The Morgan fingerprint density at radius 1 is 1.45 bits per heavy atom. The predicted molar refractivity (Wildman–Crippen MR) is 79.4 cm³/mol. The topological polar surface area (TPSA) is 46.9 Å². The van der Waals surface area contributed by atoms with Gasteiger partial charge in [-0.05, 0) is 37.0 Å². The second kappa shape index (κ2) is 5.65. The second-order valence-electron chi connectivity index (χ2n) is 5.66. The minimum absolute atomic E-state index is 0.237. The Morgan fingerprint density at radius 2 is 2.25 bits per heavy atom. The van der Waals surface area contributed by atoms with E-state index in [0.717, 1.165) is 24.9 Å². The van der Waals surface area contributed by atoms with Crippen LogP contribution in [-0.4, -0.2) is 22.0 Å². The Hall–Kier alpha value is -1.84. The van der Waals surface area contributed by atoms with Crippen LogP contribution in [0.3, 0.4) is 0 Å². The van der Waals surface area contributed by atoms with E-state index in [1.165, 1.54) is 23.8 Å². The Bertz CT molecular complexity index is 611. The van der Waals surface area contributed by atoms with Crippen LogP contribution < -0.4 is 5.32 Å². The van der Waals surface area contributed by atoms with E-state index in [1.807, 2.05) is 23.9 Å². The van der Waals surface area contributed by atoms with Crippen molar-refractivity contribution >= 4 is 16.9 Å². The highest BCUT2D eigenvalue weighted by Crippen LogP contribution is 2.24. The number of nitrogens with one attached hydrogen (secondary N) is 1. The van der Waals surface area contributed by atoms with Gasteiger partial charge in [0.15, 0.2) is 0 Å². The zero-order valence-corrected chi connectivity index (χ0v) is 11.9. The number of carbonyl (C=O) groups is 1. The van der Waals surface area contributed by atoms with Crippen molar-refractivity contribution < 1.29 is 4.79 Å². The summed E-state index contributed by atoms with van der Waals surface area (Å²) in [6.07, 6.45) is 9.31. The molecule has 0 aliphatic heterocycles. The lowest BCUT2D eigenvalue weighted by Gasteiger charge is -2.09. The molecule has 2 aromatic rings. The minimum Gasteiger partial charge on any atom is -0.356 e. The molecule has 1 amide bonds. The van der Waals surface area contributed by atoms with Crippen LogP contribution in [0.2, 0.25) is 0 Å². The van der Waals surface area contributed by atoms with Gasteiger partial charge in [-0.1, -0.05) is 12.8 Å². The lowest BCUT2D eigenvalue weighted by Crippen LogP contribution is -2.30. The van der Waals surface area contributed by atoms with E-state index in [9.17, 15) is 4.79 Å². The van der Waals surface area contributed by atoms with Crippen molar-refractivity contribution in [2.45, 2.75) is 32.1 Å². The molecule has 0 saturated heterocycles. The number of pyridine rings is 1. The van der Waals surface area contributed by atoms with E-state index in [0.29, 0.717) is 6.54 Å². The fourth-order valence-corrected chi connectivity index (χ4v) is 3.15. The zero-order valence-electron chi connectivity index (χ0n) is 11.9. The highest BCUT2D eigenvalue weighted by molar-refractivity contribution is 5.81. The summed E-state index contributed by atoms with van der Waals surface area (Å²) in [4.78, 5) is 16.4. The Labute approximate surface area is 119 Å². The summed E-state index contributed by atoms with van der Waals surface area (Å²) < 4.78 is 2.05. The molecule has 1 N–H and O–H groups in total. The van der Waals surface area contributed by atoms with E-state index in [-0.39, 0.29) is 11.8 Å². The fraction of sp³-hybridized carbons (Fsp3) is 0.500. The van der Waals surface area contributed by atoms with Gasteiger partial charge in [0.05, 0.1) is 0 Å². The van der Waals surface area contributed by atoms with Gasteiger partial charge in [-0.3, -0.25) is 4.79 Å². The molecule has 0 unspecified atom stereocenters. The first-order valence-corrected chi connectivity index (χ1v) is 7.42. The van der Waals surface area contributed by atoms with Crippen LogP contribution in [0.5, 0.6) is 0 Å². The average Bonchev–Trinajstić information content (AvgIpc) is 3.09. The molecule has 2 heterocycles. The van der Waals surface area contributed by atoms with Crippen LogP contribution in [0.1, 0.15) is 31.2 Å². The Balaban J connectivity index is 1.61. The molecule has 0 spiro atoms. The molecule has 0 aromatic carbocycles. The van der Waals surface area contributed by atoms with Gasteiger partial charge in [-0.25, -0.2) is 4.98 Å². The molecular weight excluding hydrogens is 250 g/mol. The molecule has 106 valence electrons. The number of hydrogen-bond donors (Lipinski definition) is 1. The van der Waals surface area contributed by atoms with E-state index < -0.39 is 0 Å². The molecule has 4 nitrogen and oxygen atoms in total. The van der Waals surface area contributed by atoms with Crippen molar-refractivity contribution in [2.24, 2.45) is 13.0 Å². The Kier molecular flexibility index (Phi) is 3.72. The van der Waals surface area contributed by atoms with Gasteiger partial charge in [0.1, 0.15) is 5.65 Å². The third-order valence-corrected chi connectivity index (χ3v) is 4.24. The number of amides is 1. The lowest BCUT2D eigenvalue weighted by molar-refractivity contribution is -0.124. The van der Waals surface area contributed by atoms with Crippen molar-refractivity contribution in [2.75, 3.05) is 6.54 Å². The summed E-state index contributed by atoms with van der Waals surface area (Å²) in [7, 11) is 2.01. The van der Waals surface area contributed by atoms with Crippen LogP contribution in [-0.2, 0) is 18.3 Å².